The molecule has 19 heavy (non-hydrogen) atoms. The first-order valence-corrected chi connectivity index (χ1v) is 7.93. The van der Waals surface area contributed by atoms with E-state index in [2.05, 4.69) is 0 Å². The molecule has 106 valence electrons. The first-order chi connectivity index (χ1) is 8.77. The second-order valence-electron chi connectivity index (χ2n) is 4.52. The van der Waals surface area contributed by atoms with Crippen LogP contribution in [0, 0.1) is 5.92 Å². The van der Waals surface area contributed by atoms with Crippen molar-refractivity contribution in [1.29, 1.82) is 0 Å². The number of rotatable bonds is 6. The van der Waals surface area contributed by atoms with E-state index in [1.165, 1.54) is 0 Å². The molecule has 1 rings (SSSR count). The zero-order valence-corrected chi connectivity index (χ0v) is 12.1. The lowest BCUT2D eigenvalue weighted by Crippen LogP contribution is -2.32. The summed E-state index contributed by atoms with van der Waals surface area (Å²) in [6, 6.07) is 6.65. The Hall–Kier alpha value is -1.56. The summed E-state index contributed by atoms with van der Waals surface area (Å²) in [5.74, 6) is -1.46. The Balaban J connectivity index is 3.16. The predicted octanol–water partition coefficient (Wildman–Crippen LogP) is 1.64. The zero-order valence-electron chi connectivity index (χ0n) is 11.3. The van der Waals surface area contributed by atoms with Crippen molar-refractivity contribution >= 4 is 21.5 Å². The summed E-state index contributed by atoms with van der Waals surface area (Å²) in [6.07, 6.45) is 1.15. The zero-order chi connectivity index (χ0) is 14.6. The van der Waals surface area contributed by atoms with E-state index in [9.17, 15) is 13.2 Å². The molecule has 0 aromatic heterocycles. The molecule has 1 N–H and O–H groups in total. The molecule has 0 saturated carbocycles. The van der Waals surface area contributed by atoms with Gasteiger partial charge >= 0.3 is 5.97 Å². The van der Waals surface area contributed by atoms with Crippen molar-refractivity contribution in [3.8, 4) is 0 Å². The van der Waals surface area contributed by atoms with E-state index in [0.717, 1.165) is 6.26 Å². The molecular formula is C13H19NO4S. The van der Waals surface area contributed by atoms with Gasteiger partial charge in [0.2, 0.25) is 0 Å². The van der Waals surface area contributed by atoms with Gasteiger partial charge in [-0.3, -0.25) is 4.79 Å². The van der Waals surface area contributed by atoms with Crippen LogP contribution < -0.4 is 4.90 Å². The van der Waals surface area contributed by atoms with E-state index in [4.69, 9.17) is 5.11 Å². The van der Waals surface area contributed by atoms with Gasteiger partial charge in [0.15, 0.2) is 9.84 Å². The van der Waals surface area contributed by atoms with Crippen LogP contribution in [0.25, 0.3) is 0 Å². The molecule has 1 aromatic rings. The smallest absolute Gasteiger partial charge is 0.308 e. The average molecular weight is 285 g/mol. The molecule has 0 aliphatic heterocycles. The lowest BCUT2D eigenvalue weighted by molar-refractivity contribution is -0.140. The van der Waals surface area contributed by atoms with Crippen molar-refractivity contribution in [2.75, 3.05) is 24.2 Å². The molecule has 0 amide bonds. The number of nitrogens with zero attached hydrogens (tertiary/aromatic N) is 1. The van der Waals surface area contributed by atoms with Crippen LogP contribution in [0.1, 0.15) is 13.8 Å². The minimum Gasteiger partial charge on any atom is -0.481 e. The molecule has 1 aromatic carbocycles. The van der Waals surface area contributed by atoms with Gasteiger partial charge in [-0.15, -0.1) is 0 Å². The fourth-order valence-electron chi connectivity index (χ4n) is 1.84. The van der Waals surface area contributed by atoms with Gasteiger partial charge in [0.25, 0.3) is 0 Å². The Morgan fingerprint density at radius 1 is 1.37 bits per heavy atom. The lowest BCUT2D eigenvalue weighted by Gasteiger charge is -2.26. The summed E-state index contributed by atoms with van der Waals surface area (Å²) in [5, 5.41) is 8.96. The normalized spacial score (nSPS) is 13.0. The summed E-state index contributed by atoms with van der Waals surface area (Å²) < 4.78 is 23.5. The number of hydrogen-bond donors (Lipinski definition) is 1. The van der Waals surface area contributed by atoms with Gasteiger partial charge in [0.05, 0.1) is 16.5 Å². The molecule has 0 aliphatic rings. The number of sulfone groups is 1. The highest BCUT2D eigenvalue weighted by Gasteiger charge is 2.20. The highest BCUT2D eigenvalue weighted by Crippen LogP contribution is 2.25. The Labute approximate surface area is 113 Å². The highest BCUT2D eigenvalue weighted by atomic mass is 32.2. The van der Waals surface area contributed by atoms with E-state index < -0.39 is 21.7 Å². The fourth-order valence-corrected chi connectivity index (χ4v) is 2.74. The van der Waals surface area contributed by atoms with Gasteiger partial charge in [-0.2, -0.15) is 0 Å². The molecule has 0 heterocycles. The monoisotopic (exact) mass is 285 g/mol. The van der Waals surface area contributed by atoms with Crippen LogP contribution in [0.4, 0.5) is 5.69 Å². The number of para-hydroxylation sites is 1. The highest BCUT2D eigenvalue weighted by molar-refractivity contribution is 7.90. The number of carboxylic acids is 1. The van der Waals surface area contributed by atoms with Crippen LogP contribution in [-0.4, -0.2) is 38.8 Å². The van der Waals surface area contributed by atoms with Gasteiger partial charge in [0.1, 0.15) is 0 Å². The Bertz CT molecular complexity index is 554. The third kappa shape index (κ3) is 3.96. The number of aliphatic carboxylic acids is 1. The summed E-state index contributed by atoms with van der Waals surface area (Å²) in [4.78, 5) is 12.9. The molecule has 0 bridgehead atoms. The molecule has 5 nitrogen and oxygen atoms in total. The maximum Gasteiger partial charge on any atom is 0.308 e. The standard InChI is InChI=1S/C13H19NO4S/c1-4-14(9-10(2)13(15)16)11-7-5-6-8-12(11)19(3,17)18/h5-8,10H,4,9H2,1-3H3,(H,15,16). The first-order valence-electron chi connectivity index (χ1n) is 6.04. The van der Waals surface area contributed by atoms with Crippen LogP contribution >= 0.6 is 0 Å². The van der Waals surface area contributed by atoms with Crippen molar-refractivity contribution < 1.29 is 18.3 Å². The number of benzene rings is 1. The van der Waals surface area contributed by atoms with Crippen molar-refractivity contribution in [2.24, 2.45) is 5.92 Å². The predicted molar refractivity (Wildman–Crippen MR) is 74.2 cm³/mol. The van der Waals surface area contributed by atoms with Gasteiger partial charge in [-0.05, 0) is 19.1 Å². The minimum atomic E-state index is -3.33. The van der Waals surface area contributed by atoms with Crippen LogP contribution in [0.15, 0.2) is 29.2 Å². The van der Waals surface area contributed by atoms with Gasteiger partial charge < -0.3 is 10.0 Å². The van der Waals surface area contributed by atoms with E-state index in [1.54, 1.807) is 36.1 Å². The third-order valence-electron chi connectivity index (χ3n) is 2.90. The van der Waals surface area contributed by atoms with Crippen molar-refractivity contribution in [3.63, 3.8) is 0 Å². The second kappa shape index (κ2) is 6.06. The van der Waals surface area contributed by atoms with E-state index in [-0.39, 0.29) is 11.4 Å². The van der Waals surface area contributed by atoms with Crippen LogP contribution in [-0.2, 0) is 14.6 Å². The average Bonchev–Trinajstić information content (AvgIpc) is 2.34. The maximum atomic E-state index is 11.8. The largest absolute Gasteiger partial charge is 0.481 e. The topological polar surface area (TPSA) is 74.7 Å². The Kier molecular flexibility index (Phi) is 4.94. The SMILES string of the molecule is CCN(CC(C)C(=O)O)c1ccccc1S(C)(=O)=O. The maximum absolute atomic E-state index is 11.8. The number of anilines is 1. The van der Waals surface area contributed by atoms with Crippen molar-refractivity contribution in [3.05, 3.63) is 24.3 Å². The summed E-state index contributed by atoms with van der Waals surface area (Å²) in [7, 11) is -3.33. The molecular weight excluding hydrogens is 266 g/mol. The molecule has 0 aliphatic carbocycles. The van der Waals surface area contributed by atoms with E-state index in [1.807, 2.05) is 6.92 Å². The first kappa shape index (κ1) is 15.5. The second-order valence-corrected chi connectivity index (χ2v) is 6.50. The molecule has 0 radical (unpaired) electrons. The number of hydrogen-bond acceptors (Lipinski definition) is 4. The van der Waals surface area contributed by atoms with Crippen LogP contribution in [0.2, 0.25) is 0 Å². The van der Waals surface area contributed by atoms with Gasteiger partial charge in [0, 0.05) is 19.3 Å². The number of carbonyl (C=O) groups is 1. The summed E-state index contributed by atoms with van der Waals surface area (Å²) >= 11 is 0. The van der Waals surface area contributed by atoms with Crippen molar-refractivity contribution in [1.82, 2.24) is 0 Å². The quantitative estimate of drug-likeness (QED) is 0.860. The molecule has 0 fully saturated rings. The van der Waals surface area contributed by atoms with E-state index in [0.29, 0.717) is 12.2 Å². The van der Waals surface area contributed by atoms with Gasteiger partial charge in [-0.1, -0.05) is 19.1 Å². The molecule has 0 spiro atoms. The molecule has 0 saturated heterocycles. The summed E-state index contributed by atoms with van der Waals surface area (Å²) in [5.41, 5.74) is 0.556. The molecule has 6 heteroatoms. The van der Waals surface area contributed by atoms with Crippen molar-refractivity contribution in [2.45, 2.75) is 18.7 Å². The summed E-state index contributed by atoms with van der Waals surface area (Å²) in [6.45, 7) is 4.30. The minimum absolute atomic E-state index is 0.231. The van der Waals surface area contributed by atoms with Crippen LogP contribution in [0.5, 0.6) is 0 Å². The third-order valence-corrected chi connectivity index (χ3v) is 4.05. The van der Waals surface area contributed by atoms with Gasteiger partial charge in [-0.25, -0.2) is 8.42 Å². The lowest BCUT2D eigenvalue weighted by atomic mass is 10.1. The fraction of sp³-hybridized carbons (Fsp3) is 0.462. The molecule has 1 unspecified atom stereocenters. The Morgan fingerprint density at radius 2 is 1.95 bits per heavy atom. The molecule has 1 atom stereocenters. The Morgan fingerprint density at radius 3 is 2.42 bits per heavy atom. The van der Waals surface area contributed by atoms with Crippen LogP contribution in [0.3, 0.4) is 0 Å². The van der Waals surface area contributed by atoms with E-state index >= 15 is 0 Å². The number of carboxylic acid groups (broad SMARTS) is 1.